The van der Waals surface area contributed by atoms with Crippen LogP contribution in [0.25, 0.3) is 66.2 Å². The lowest BCUT2D eigenvalue weighted by atomic mass is 10.0. The van der Waals surface area contributed by atoms with E-state index in [4.69, 9.17) is 13.8 Å². The van der Waals surface area contributed by atoms with E-state index in [1.807, 2.05) is 30.0 Å². The van der Waals surface area contributed by atoms with Gasteiger partial charge in [0.2, 0.25) is 0 Å². The fourth-order valence-corrected chi connectivity index (χ4v) is 8.55. The molecule has 50 heavy (non-hydrogen) atoms. The molecule has 0 bridgehead atoms. The smallest absolute Gasteiger partial charge is 0.173 e. The van der Waals surface area contributed by atoms with Gasteiger partial charge < -0.3 is 9.32 Å². The summed E-state index contributed by atoms with van der Waals surface area (Å²) in [6.07, 6.45) is 0. The molecule has 6 heteroatoms. The second-order valence-electron chi connectivity index (χ2n) is 12.3. The van der Waals surface area contributed by atoms with E-state index in [1.165, 1.54) is 43.6 Å². The normalized spacial score (nSPS) is 12.3. The van der Waals surface area contributed by atoms with Crippen molar-refractivity contribution in [3.8, 4) is 44.2 Å². The molecule has 0 aliphatic carbocycles. The Balaban J connectivity index is 1.05. The van der Waals surface area contributed by atoms with Gasteiger partial charge in [0.1, 0.15) is 16.2 Å². The highest BCUT2D eigenvalue weighted by Crippen LogP contribution is 2.53. The summed E-state index contributed by atoms with van der Waals surface area (Å²) in [5, 5.41) is 3.03. The molecule has 7 aromatic carbocycles. The topological polar surface area (TPSA) is 42.2 Å². The van der Waals surface area contributed by atoms with Gasteiger partial charge in [0.15, 0.2) is 5.82 Å². The third kappa shape index (κ3) is 4.92. The van der Waals surface area contributed by atoms with Gasteiger partial charge in [0.25, 0.3) is 0 Å². The number of nitrogens with zero attached hydrogens (tertiary/aromatic N) is 3. The Morgan fingerprint density at radius 3 is 1.78 bits per heavy atom. The molecule has 1 aliphatic rings. The molecule has 0 spiro atoms. The first-order chi connectivity index (χ1) is 24.8. The van der Waals surface area contributed by atoms with Crippen molar-refractivity contribution < 1.29 is 4.42 Å². The standard InChI is InChI=1S/C44H27N3OS2/c1-3-10-28(11-4-1)31-20-24-40-37(26-31)47(38-27-32(21-25-41(38)49-40)29-12-5-2-6-13-29)33-22-18-30(19-23-33)43-45-44(50-46-43)36-16-9-15-35-34-14-7-8-17-39(34)48-42(35)36/h1-27H. The Morgan fingerprint density at radius 1 is 0.500 bits per heavy atom. The zero-order valence-electron chi connectivity index (χ0n) is 26.7. The summed E-state index contributed by atoms with van der Waals surface area (Å²) in [6.45, 7) is 0. The summed E-state index contributed by atoms with van der Waals surface area (Å²) < 4.78 is 11.1. The zero-order valence-corrected chi connectivity index (χ0v) is 28.3. The maximum absolute atomic E-state index is 6.30. The van der Waals surface area contributed by atoms with E-state index in [2.05, 4.69) is 150 Å². The third-order valence-corrected chi connectivity index (χ3v) is 11.2. The average molecular weight is 678 g/mol. The average Bonchev–Trinajstić information content (AvgIpc) is 3.83. The molecule has 0 atom stereocenters. The molecule has 10 rings (SSSR count). The van der Waals surface area contributed by atoms with Crippen LogP contribution in [0, 0.1) is 0 Å². The van der Waals surface area contributed by atoms with Gasteiger partial charge in [-0.3, -0.25) is 0 Å². The first-order valence-corrected chi connectivity index (χ1v) is 18.1. The van der Waals surface area contributed by atoms with Crippen LogP contribution in [-0.4, -0.2) is 9.36 Å². The number of para-hydroxylation sites is 2. The minimum absolute atomic E-state index is 0.706. The van der Waals surface area contributed by atoms with Crippen molar-refractivity contribution in [2.45, 2.75) is 9.79 Å². The summed E-state index contributed by atoms with van der Waals surface area (Å²) in [5.41, 5.74) is 11.8. The molecule has 1 aliphatic heterocycles. The van der Waals surface area contributed by atoms with E-state index in [0.717, 1.165) is 55.1 Å². The largest absolute Gasteiger partial charge is 0.455 e. The number of benzene rings is 7. The number of hydrogen-bond acceptors (Lipinski definition) is 6. The van der Waals surface area contributed by atoms with Crippen LogP contribution in [0.2, 0.25) is 0 Å². The minimum atomic E-state index is 0.706. The molecule has 2 aromatic heterocycles. The lowest BCUT2D eigenvalue weighted by Gasteiger charge is -2.34. The minimum Gasteiger partial charge on any atom is -0.455 e. The number of furan rings is 1. The number of fused-ring (bicyclic) bond motifs is 5. The number of hydrogen-bond donors (Lipinski definition) is 0. The van der Waals surface area contributed by atoms with Gasteiger partial charge in [0.05, 0.1) is 16.9 Å². The van der Waals surface area contributed by atoms with Gasteiger partial charge in [-0.25, -0.2) is 4.98 Å². The SMILES string of the molecule is c1ccc(-c2ccc3c(c2)N(c2ccc(-c4nsc(-c5cccc6c5oc5ccccc56)n4)cc2)c2cc(-c4ccccc4)ccc2S3)cc1. The van der Waals surface area contributed by atoms with Crippen molar-refractivity contribution in [1.82, 2.24) is 9.36 Å². The fourth-order valence-electron chi connectivity index (χ4n) is 6.83. The highest BCUT2D eigenvalue weighted by molar-refractivity contribution is 7.99. The first-order valence-electron chi connectivity index (χ1n) is 16.5. The van der Waals surface area contributed by atoms with Crippen molar-refractivity contribution in [1.29, 1.82) is 0 Å². The summed E-state index contributed by atoms with van der Waals surface area (Å²) in [5.74, 6) is 0.706. The fraction of sp³-hybridized carbons (Fsp3) is 0. The highest BCUT2D eigenvalue weighted by Gasteiger charge is 2.26. The molecular formula is C44H27N3OS2. The van der Waals surface area contributed by atoms with Gasteiger partial charge >= 0.3 is 0 Å². The molecule has 0 unspecified atom stereocenters. The molecule has 236 valence electrons. The van der Waals surface area contributed by atoms with Crippen molar-refractivity contribution >= 4 is 62.3 Å². The molecule has 0 saturated heterocycles. The summed E-state index contributed by atoms with van der Waals surface area (Å²) in [6, 6.07) is 57.8. The second kappa shape index (κ2) is 11.9. The lowest BCUT2D eigenvalue weighted by molar-refractivity contribution is 0.670. The van der Waals surface area contributed by atoms with Crippen molar-refractivity contribution in [3.05, 3.63) is 164 Å². The molecule has 0 saturated carbocycles. The van der Waals surface area contributed by atoms with Crippen LogP contribution in [0.15, 0.2) is 178 Å². The predicted molar refractivity (Wildman–Crippen MR) is 208 cm³/mol. The van der Waals surface area contributed by atoms with Gasteiger partial charge in [-0.2, -0.15) is 4.37 Å². The Hall–Kier alpha value is -5.95. The van der Waals surface area contributed by atoms with Crippen LogP contribution in [0.5, 0.6) is 0 Å². The van der Waals surface area contributed by atoms with E-state index in [1.54, 1.807) is 0 Å². The maximum atomic E-state index is 6.30. The lowest BCUT2D eigenvalue weighted by Crippen LogP contribution is -2.15. The Morgan fingerprint density at radius 2 is 1.10 bits per heavy atom. The highest BCUT2D eigenvalue weighted by atomic mass is 32.2. The molecule has 0 N–H and O–H groups in total. The molecule has 4 nitrogen and oxygen atoms in total. The molecule has 3 heterocycles. The Kier molecular flexibility index (Phi) is 6.89. The second-order valence-corrected chi connectivity index (χ2v) is 14.1. The van der Waals surface area contributed by atoms with Gasteiger partial charge in [0, 0.05) is 31.8 Å². The number of aromatic nitrogens is 2. The Labute approximate surface area is 297 Å². The van der Waals surface area contributed by atoms with Crippen LogP contribution >= 0.6 is 23.3 Å². The van der Waals surface area contributed by atoms with Gasteiger partial charge in [-0.05, 0) is 94.4 Å². The Bertz CT molecular complexity index is 2590. The monoisotopic (exact) mass is 677 g/mol. The number of anilines is 3. The predicted octanol–water partition coefficient (Wildman–Crippen LogP) is 13.0. The van der Waals surface area contributed by atoms with Crippen molar-refractivity contribution in [2.75, 3.05) is 4.90 Å². The number of rotatable bonds is 5. The van der Waals surface area contributed by atoms with Crippen molar-refractivity contribution in [3.63, 3.8) is 0 Å². The van der Waals surface area contributed by atoms with E-state index in [0.29, 0.717) is 5.82 Å². The van der Waals surface area contributed by atoms with E-state index in [9.17, 15) is 0 Å². The van der Waals surface area contributed by atoms with Crippen LogP contribution < -0.4 is 4.90 Å². The van der Waals surface area contributed by atoms with E-state index >= 15 is 0 Å². The summed E-state index contributed by atoms with van der Waals surface area (Å²) in [4.78, 5) is 9.84. The van der Waals surface area contributed by atoms with Crippen LogP contribution in [0.3, 0.4) is 0 Å². The van der Waals surface area contributed by atoms with Crippen LogP contribution in [-0.2, 0) is 0 Å². The zero-order chi connectivity index (χ0) is 33.0. The summed E-state index contributed by atoms with van der Waals surface area (Å²) >= 11 is 3.22. The maximum Gasteiger partial charge on any atom is 0.173 e. The first kappa shape index (κ1) is 29.0. The molecule has 0 amide bonds. The third-order valence-electron chi connectivity index (χ3n) is 9.28. The molecular weight excluding hydrogens is 651 g/mol. The van der Waals surface area contributed by atoms with Crippen LogP contribution in [0.1, 0.15) is 0 Å². The van der Waals surface area contributed by atoms with E-state index in [-0.39, 0.29) is 0 Å². The summed E-state index contributed by atoms with van der Waals surface area (Å²) in [7, 11) is 0. The van der Waals surface area contributed by atoms with Crippen LogP contribution in [0.4, 0.5) is 17.1 Å². The molecule has 9 aromatic rings. The quantitative estimate of drug-likeness (QED) is 0.181. The van der Waals surface area contributed by atoms with E-state index < -0.39 is 0 Å². The van der Waals surface area contributed by atoms with Crippen molar-refractivity contribution in [2.24, 2.45) is 0 Å². The molecule has 0 fully saturated rings. The van der Waals surface area contributed by atoms with Gasteiger partial charge in [-0.1, -0.05) is 115 Å². The van der Waals surface area contributed by atoms with Gasteiger partial charge in [-0.15, -0.1) is 0 Å². The molecule has 0 radical (unpaired) electrons.